The van der Waals surface area contributed by atoms with Crippen LogP contribution in [-0.4, -0.2) is 69.3 Å². The molecule has 4 N–H and O–H groups in total. The summed E-state index contributed by atoms with van der Waals surface area (Å²) in [5, 5.41) is 23.1. The first kappa shape index (κ1) is 30.3. The Morgan fingerprint density at radius 3 is 2.26 bits per heavy atom. The molecule has 3 rings (SSSR count). The third-order valence-corrected chi connectivity index (χ3v) is 5.47. The number of carbonyl (C=O) groups excluding carboxylic acids is 1. The minimum Gasteiger partial charge on any atom is -0.508 e. The second kappa shape index (κ2) is 14.1. The summed E-state index contributed by atoms with van der Waals surface area (Å²) < 4.78 is 31.7. The number of carboxylic acid groups (broad SMARTS) is 1. The molecule has 0 radical (unpaired) electrons. The largest absolute Gasteiger partial charge is 0.508 e. The fourth-order valence-electron chi connectivity index (χ4n) is 3.07. The van der Waals surface area contributed by atoms with Crippen LogP contribution < -0.4 is 10.6 Å². The summed E-state index contributed by atoms with van der Waals surface area (Å²) in [6.45, 7) is 7.48. The SMILES string of the molecule is CCN(CC)CCNC(=O)c1ccc(Cl)c(Nc2cncc(-c3ccc(O)cc3)n2)c1.O=C(O)C(F)(F)F. The summed E-state index contributed by atoms with van der Waals surface area (Å²) in [4.78, 5) is 32.5. The molecule has 0 saturated carbocycles. The van der Waals surface area contributed by atoms with Crippen LogP contribution in [0, 0.1) is 0 Å². The fourth-order valence-corrected chi connectivity index (χ4v) is 3.23. The van der Waals surface area contributed by atoms with E-state index in [1.807, 2.05) is 0 Å². The maximum Gasteiger partial charge on any atom is 0.490 e. The first-order valence-corrected chi connectivity index (χ1v) is 11.8. The first-order valence-electron chi connectivity index (χ1n) is 11.4. The van der Waals surface area contributed by atoms with Gasteiger partial charge in [-0.25, -0.2) is 9.78 Å². The molecular weight excluding hydrogens is 527 g/mol. The third kappa shape index (κ3) is 9.52. The molecule has 1 amide bonds. The monoisotopic (exact) mass is 553 g/mol. The Labute approximate surface area is 222 Å². The van der Waals surface area contributed by atoms with E-state index in [0.29, 0.717) is 34.3 Å². The fraction of sp³-hybridized carbons (Fsp3) is 0.280. The Balaban J connectivity index is 0.000000638. The highest BCUT2D eigenvalue weighted by molar-refractivity contribution is 6.33. The van der Waals surface area contributed by atoms with Crippen LogP contribution in [0.15, 0.2) is 54.9 Å². The maximum absolute atomic E-state index is 12.5. The Kier molecular flexibility index (Phi) is 11.3. The zero-order chi connectivity index (χ0) is 28.3. The van der Waals surface area contributed by atoms with Gasteiger partial charge in [-0.2, -0.15) is 13.2 Å². The number of halogens is 4. The van der Waals surface area contributed by atoms with Crippen molar-refractivity contribution in [2.24, 2.45) is 0 Å². The normalized spacial score (nSPS) is 10.9. The molecule has 9 nitrogen and oxygen atoms in total. The van der Waals surface area contributed by atoms with Crippen molar-refractivity contribution in [3.63, 3.8) is 0 Å². The van der Waals surface area contributed by atoms with E-state index >= 15 is 0 Å². The van der Waals surface area contributed by atoms with Gasteiger partial charge < -0.3 is 25.7 Å². The summed E-state index contributed by atoms with van der Waals surface area (Å²) in [5.41, 5.74) is 2.54. The van der Waals surface area contributed by atoms with E-state index in [1.165, 1.54) is 0 Å². The molecule has 0 saturated heterocycles. The number of aliphatic carboxylic acids is 1. The molecule has 0 aliphatic carbocycles. The molecule has 1 aromatic heterocycles. The molecule has 2 aromatic carbocycles. The number of nitrogens with one attached hydrogen (secondary N) is 2. The summed E-state index contributed by atoms with van der Waals surface area (Å²) in [6, 6.07) is 11.8. The van der Waals surface area contributed by atoms with Crippen molar-refractivity contribution in [1.82, 2.24) is 20.2 Å². The molecule has 204 valence electrons. The predicted octanol–water partition coefficient (Wildman–Crippen LogP) is 4.95. The number of phenolic OH excluding ortho intramolecular Hbond substituents is 1. The van der Waals surface area contributed by atoms with Crippen molar-refractivity contribution < 1.29 is 33.0 Å². The summed E-state index contributed by atoms with van der Waals surface area (Å²) >= 11 is 6.33. The Bertz CT molecular complexity index is 1220. The van der Waals surface area contributed by atoms with E-state index in [-0.39, 0.29) is 11.7 Å². The van der Waals surface area contributed by atoms with Gasteiger partial charge in [0.05, 0.1) is 28.8 Å². The van der Waals surface area contributed by atoms with Crippen molar-refractivity contribution in [3.8, 4) is 17.0 Å². The molecule has 0 aliphatic rings. The third-order valence-electron chi connectivity index (χ3n) is 5.14. The topological polar surface area (TPSA) is 128 Å². The summed E-state index contributed by atoms with van der Waals surface area (Å²) in [5.74, 6) is -2.24. The van der Waals surface area contributed by atoms with Gasteiger partial charge >= 0.3 is 12.1 Å². The Morgan fingerprint density at radius 2 is 1.68 bits per heavy atom. The highest BCUT2D eigenvalue weighted by Gasteiger charge is 2.38. The van der Waals surface area contributed by atoms with Crippen LogP contribution in [0.5, 0.6) is 5.75 Å². The molecule has 38 heavy (non-hydrogen) atoms. The molecule has 0 fully saturated rings. The van der Waals surface area contributed by atoms with Gasteiger partial charge in [-0.3, -0.25) is 9.78 Å². The van der Waals surface area contributed by atoms with Crippen molar-refractivity contribution in [2.45, 2.75) is 20.0 Å². The van der Waals surface area contributed by atoms with Crippen LogP contribution in [0.3, 0.4) is 0 Å². The van der Waals surface area contributed by atoms with Crippen LogP contribution >= 0.6 is 11.6 Å². The van der Waals surface area contributed by atoms with Crippen LogP contribution in [0.25, 0.3) is 11.3 Å². The highest BCUT2D eigenvalue weighted by atomic mass is 35.5. The van der Waals surface area contributed by atoms with E-state index in [4.69, 9.17) is 21.5 Å². The van der Waals surface area contributed by atoms with Gasteiger partial charge in [0.2, 0.25) is 0 Å². The Hall–Kier alpha value is -3.90. The van der Waals surface area contributed by atoms with Crippen molar-refractivity contribution in [2.75, 3.05) is 31.5 Å². The molecule has 0 aliphatic heterocycles. The zero-order valence-corrected chi connectivity index (χ0v) is 21.3. The second-order valence-corrected chi connectivity index (χ2v) is 8.15. The number of hydrogen-bond acceptors (Lipinski definition) is 7. The number of likely N-dealkylation sites (N-methyl/N-ethyl adjacent to an activating group) is 1. The van der Waals surface area contributed by atoms with Crippen molar-refractivity contribution in [3.05, 3.63) is 65.4 Å². The number of nitrogens with zero attached hydrogens (tertiary/aromatic N) is 3. The average molecular weight is 554 g/mol. The minimum absolute atomic E-state index is 0.157. The number of benzene rings is 2. The number of phenols is 1. The standard InChI is InChI=1S/C23H26ClN5O2.C2HF3O2/c1-3-29(4-2)12-11-26-23(31)17-7-10-19(24)20(13-17)27-22-15-25-14-21(28-22)16-5-8-18(30)9-6-16;3-2(4,5)1(6)7/h5-10,13-15,30H,3-4,11-12H2,1-2H3,(H,26,31)(H,27,28);(H,6,7). The average Bonchev–Trinajstić information content (AvgIpc) is 2.88. The van der Waals surface area contributed by atoms with Crippen LogP contribution in [0.4, 0.5) is 24.7 Å². The lowest BCUT2D eigenvalue weighted by Gasteiger charge is -2.18. The van der Waals surface area contributed by atoms with Crippen molar-refractivity contribution >= 4 is 35.0 Å². The van der Waals surface area contributed by atoms with Crippen molar-refractivity contribution in [1.29, 1.82) is 0 Å². The quantitative estimate of drug-likeness (QED) is 0.293. The summed E-state index contributed by atoms with van der Waals surface area (Å²) in [7, 11) is 0. The molecule has 0 spiro atoms. The molecule has 13 heteroatoms. The molecular formula is C25H27ClF3N5O4. The second-order valence-electron chi connectivity index (χ2n) is 7.74. The maximum atomic E-state index is 12.5. The lowest BCUT2D eigenvalue weighted by molar-refractivity contribution is -0.192. The Morgan fingerprint density at radius 1 is 1.05 bits per heavy atom. The molecule has 0 unspecified atom stereocenters. The molecule has 0 atom stereocenters. The number of hydrogen-bond donors (Lipinski definition) is 4. The number of amides is 1. The van der Waals surface area contributed by atoms with E-state index in [9.17, 15) is 23.1 Å². The van der Waals surface area contributed by atoms with Gasteiger partial charge in [0, 0.05) is 24.2 Å². The van der Waals surface area contributed by atoms with E-state index in [1.54, 1.807) is 54.9 Å². The van der Waals surface area contributed by atoms with E-state index in [2.05, 4.69) is 39.3 Å². The number of alkyl halides is 3. The van der Waals surface area contributed by atoms with Gasteiger partial charge in [0.1, 0.15) is 11.6 Å². The smallest absolute Gasteiger partial charge is 0.490 e. The highest BCUT2D eigenvalue weighted by Crippen LogP contribution is 2.27. The minimum atomic E-state index is -5.08. The lowest BCUT2D eigenvalue weighted by atomic mass is 10.1. The number of aromatic hydroxyl groups is 1. The lowest BCUT2D eigenvalue weighted by Crippen LogP contribution is -2.34. The molecule has 1 heterocycles. The number of aromatic nitrogens is 2. The molecule has 0 bridgehead atoms. The molecule has 3 aromatic rings. The van der Waals surface area contributed by atoms with Crippen LogP contribution in [0.1, 0.15) is 24.2 Å². The van der Waals surface area contributed by atoms with E-state index in [0.717, 1.165) is 25.2 Å². The van der Waals surface area contributed by atoms with Gasteiger partial charge in [-0.05, 0) is 55.6 Å². The zero-order valence-electron chi connectivity index (χ0n) is 20.6. The van der Waals surface area contributed by atoms with Crippen LogP contribution in [0.2, 0.25) is 5.02 Å². The summed E-state index contributed by atoms with van der Waals surface area (Å²) in [6.07, 6.45) is -1.87. The van der Waals surface area contributed by atoms with Gasteiger partial charge in [-0.1, -0.05) is 25.4 Å². The van der Waals surface area contributed by atoms with Crippen LogP contribution in [-0.2, 0) is 4.79 Å². The van der Waals surface area contributed by atoms with Gasteiger partial charge in [-0.15, -0.1) is 0 Å². The number of carbonyl (C=O) groups is 2. The first-order chi connectivity index (χ1) is 17.9. The van der Waals surface area contributed by atoms with Gasteiger partial charge in [0.15, 0.2) is 0 Å². The number of rotatable bonds is 9. The number of carboxylic acids is 1. The van der Waals surface area contributed by atoms with Gasteiger partial charge in [0.25, 0.3) is 5.91 Å². The number of anilines is 2. The predicted molar refractivity (Wildman–Crippen MR) is 138 cm³/mol. The van der Waals surface area contributed by atoms with E-state index < -0.39 is 12.1 Å².